The third-order valence-corrected chi connectivity index (χ3v) is 6.80. The van der Waals surface area contributed by atoms with Gasteiger partial charge in [0.2, 0.25) is 5.95 Å². The third kappa shape index (κ3) is 4.98. The lowest BCUT2D eigenvalue weighted by atomic mass is 10.1. The second kappa shape index (κ2) is 9.85. The molecular formula is C26H25Cl2N5O2. The quantitative estimate of drug-likeness (QED) is 0.376. The van der Waals surface area contributed by atoms with Crippen LogP contribution in [0.1, 0.15) is 18.4 Å². The summed E-state index contributed by atoms with van der Waals surface area (Å²) in [4.78, 5) is 24.5. The molecule has 2 aromatic heterocycles. The largest absolute Gasteiger partial charge is 0.490 e. The summed E-state index contributed by atoms with van der Waals surface area (Å²) in [6.45, 7) is 3.99. The van der Waals surface area contributed by atoms with Crippen LogP contribution < -0.4 is 15.6 Å². The zero-order valence-corrected chi connectivity index (χ0v) is 21.0. The molecule has 0 atom stereocenters. The van der Waals surface area contributed by atoms with E-state index in [1.165, 1.54) is 10.8 Å². The molecule has 9 heteroatoms. The van der Waals surface area contributed by atoms with Gasteiger partial charge in [-0.3, -0.25) is 9.36 Å². The number of rotatable bonds is 5. The van der Waals surface area contributed by atoms with Gasteiger partial charge < -0.3 is 15.0 Å². The predicted molar refractivity (Wildman–Crippen MR) is 141 cm³/mol. The van der Waals surface area contributed by atoms with Crippen LogP contribution in [0, 0.1) is 6.92 Å². The number of fused-ring (bicyclic) bond motifs is 1. The van der Waals surface area contributed by atoms with Gasteiger partial charge in [0.05, 0.1) is 26.6 Å². The summed E-state index contributed by atoms with van der Waals surface area (Å²) in [5, 5.41) is 4.37. The summed E-state index contributed by atoms with van der Waals surface area (Å²) in [5.41, 5.74) is 2.34. The van der Waals surface area contributed by atoms with Crippen molar-refractivity contribution in [2.45, 2.75) is 25.9 Å². The van der Waals surface area contributed by atoms with Crippen LogP contribution in [-0.4, -0.2) is 45.7 Å². The smallest absolute Gasteiger partial charge is 0.266 e. The summed E-state index contributed by atoms with van der Waals surface area (Å²) >= 11 is 12.7. The summed E-state index contributed by atoms with van der Waals surface area (Å²) in [6, 6.07) is 12.9. The van der Waals surface area contributed by atoms with E-state index < -0.39 is 0 Å². The van der Waals surface area contributed by atoms with Crippen molar-refractivity contribution in [3.05, 3.63) is 80.8 Å². The number of likely N-dealkylation sites (tertiary alicyclic amines) is 1. The van der Waals surface area contributed by atoms with E-state index in [1.54, 1.807) is 24.4 Å². The highest BCUT2D eigenvalue weighted by atomic mass is 35.5. The van der Waals surface area contributed by atoms with Crippen molar-refractivity contribution < 1.29 is 4.74 Å². The maximum absolute atomic E-state index is 13.2. The van der Waals surface area contributed by atoms with Crippen LogP contribution >= 0.6 is 23.2 Å². The van der Waals surface area contributed by atoms with Crippen LogP contribution in [0.5, 0.6) is 5.75 Å². The molecule has 1 N–H and O–H groups in total. The van der Waals surface area contributed by atoms with Crippen molar-refractivity contribution in [2.24, 2.45) is 0 Å². The van der Waals surface area contributed by atoms with Gasteiger partial charge in [0.15, 0.2) is 0 Å². The lowest BCUT2D eigenvalue weighted by molar-refractivity contribution is 0.114. The molecule has 0 radical (unpaired) electrons. The Morgan fingerprint density at radius 1 is 1.06 bits per heavy atom. The Balaban J connectivity index is 1.37. The van der Waals surface area contributed by atoms with Crippen LogP contribution in [0.2, 0.25) is 10.0 Å². The maximum Gasteiger partial charge on any atom is 0.266 e. The summed E-state index contributed by atoms with van der Waals surface area (Å²) < 4.78 is 7.56. The van der Waals surface area contributed by atoms with Gasteiger partial charge in [0.1, 0.15) is 11.9 Å². The van der Waals surface area contributed by atoms with E-state index in [0.29, 0.717) is 32.6 Å². The van der Waals surface area contributed by atoms with Crippen LogP contribution in [0.3, 0.4) is 0 Å². The van der Waals surface area contributed by atoms with Gasteiger partial charge in [0, 0.05) is 31.2 Å². The molecule has 5 rings (SSSR count). The number of nitrogens with zero attached hydrogens (tertiary/aromatic N) is 4. The third-order valence-electron chi connectivity index (χ3n) is 6.19. The number of piperidine rings is 1. The van der Waals surface area contributed by atoms with E-state index in [4.69, 9.17) is 27.9 Å². The Morgan fingerprint density at radius 2 is 1.74 bits per heavy atom. The fraction of sp³-hybridized carbons (Fsp3) is 0.269. The molecule has 35 heavy (non-hydrogen) atoms. The number of ether oxygens (including phenoxy) is 1. The molecule has 1 saturated heterocycles. The maximum atomic E-state index is 13.2. The summed E-state index contributed by atoms with van der Waals surface area (Å²) in [7, 11) is 2.14. The van der Waals surface area contributed by atoms with Gasteiger partial charge in [-0.2, -0.15) is 0 Å². The number of anilines is 2. The molecule has 1 fully saturated rings. The van der Waals surface area contributed by atoms with Crippen molar-refractivity contribution in [2.75, 3.05) is 25.5 Å². The minimum absolute atomic E-state index is 0.251. The van der Waals surface area contributed by atoms with Crippen molar-refractivity contribution >= 4 is 45.7 Å². The van der Waals surface area contributed by atoms with Gasteiger partial charge in [-0.15, -0.1) is 0 Å². The molecule has 180 valence electrons. The van der Waals surface area contributed by atoms with Gasteiger partial charge in [-0.1, -0.05) is 29.3 Å². The Hall–Kier alpha value is -3.13. The van der Waals surface area contributed by atoms with E-state index in [-0.39, 0.29) is 11.7 Å². The summed E-state index contributed by atoms with van der Waals surface area (Å²) in [5.74, 6) is 1.25. The van der Waals surface area contributed by atoms with E-state index in [9.17, 15) is 4.79 Å². The van der Waals surface area contributed by atoms with Crippen molar-refractivity contribution in [3.8, 4) is 11.4 Å². The first-order chi connectivity index (χ1) is 16.9. The van der Waals surface area contributed by atoms with Gasteiger partial charge >= 0.3 is 0 Å². The number of hydrogen-bond donors (Lipinski definition) is 1. The number of aromatic nitrogens is 3. The normalized spacial score (nSPS) is 14.9. The lowest BCUT2D eigenvalue weighted by Crippen LogP contribution is -2.35. The van der Waals surface area contributed by atoms with Crippen LogP contribution in [0.15, 0.2) is 59.7 Å². The summed E-state index contributed by atoms with van der Waals surface area (Å²) in [6.07, 6.45) is 5.54. The van der Waals surface area contributed by atoms with E-state index in [1.807, 2.05) is 31.2 Å². The average Bonchev–Trinajstić information content (AvgIpc) is 2.85. The molecule has 0 spiro atoms. The van der Waals surface area contributed by atoms with Gasteiger partial charge in [0.25, 0.3) is 5.56 Å². The van der Waals surface area contributed by atoms with Gasteiger partial charge in [-0.05, 0) is 68.8 Å². The number of aryl methyl sites for hydroxylation is 1. The molecule has 0 bridgehead atoms. The number of halogens is 2. The van der Waals surface area contributed by atoms with Crippen molar-refractivity contribution in [1.82, 2.24) is 19.4 Å². The van der Waals surface area contributed by atoms with E-state index >= 15 is 0 Å². The minimum atomic E-state index is -0.289. The Bertz CT molecular complexity index is 1410. The lowest BCUT2D eigenvalue weighted by Gasteiger charge is -2.29. The second-order valence-corrected chi connectivity index (χ2v) is 9.60. The van der Waals surface area contributed by atoms with Crippen molar-refractivity contribution in [3.63, 3.8) is 0 Å². The molecule has 3 heterocycles. The Labute approximate surface area is 213 Å². The first-order valence-corrected chi connectivity index (χ1v) is 12.2. The highest BCUT2D eigenvalue weighted by molar-refractivity contribution is 6.37. The fourth-order valence-corrected chi connectivity index (χ4v) is 4.85. The van der Waals surface area contributed by atoms with Crippen molar-refractivity contribution in [1.29, 1.82) is 0 Å². The average molecular weight is 510 g/mol. The molecule has 1 aliphatic heterocycles. The number of benzene rings is 2. The number of pyridine rings is 1. The highest BCUT2D eigenvalue weighted by Gasteiger charge is 2.18. The standard InChI is InChI=1S/C26H25Cl2N5O2/c1-16-15-33(24-21(27)4-3-5-22(24)28)25(34)20-14-29-26(31-23(16)20)30-17-6-8-18(9-7-17)35-19-10-12-32(2)13-11-19/h3-9,14-15,19H,10-13H2,1-2H3,(H,29,30,31). The molecule has 7 nitrogen and oxygen atoms in total. The van der Waals surface area contributed by atoms with Crippen LogP contribution in [-0.2, 0) is 0 Å². The zero-order chi connectivity index (χ0) is 24.5. The highest BCUT2D eigenvalue weighted by Crippen LogP contribution is 2.29. The minimum Gasteiger partial charge on any atom is -0.490 e. The fourth-order valence-electron chi connectivity index (χ4n) is 4.27. The van der Waals surface area contributed by atoms with E-state index in [0.717, 1.165) is 42.9 Å². The SMILES string of the molecule is Cc1cn(-c2c(Cl)cccc2Cl)c(=O)c2cnc(Nc3ccc(OC4CCN(C)CC4)cc3)nc12. The first-order valence-electron chi connectivity index (χ1n) is 11.4. The molecule has 0 aliphatic carbocycles. The monoisotopic (exact) mass is 509 g/mol. The molecular weight excluding hydrogens is 485 g/mol. The number of hydrogen-bond acceptors (Lipinski definition) is 6. The van der Waals surface area contributed by atoms with Gasteiger partial charge in [-0.25, -0.2) is 9.97 Å². The van der Waals surface area contributed by atoms with E-state index in [2.05, 4.69) is 27.2 Å². The molecule has 0 saturated carbocycles. The predicted octanol–water partition coefficient (Wildman–Crippen LogP) is 5.61. The molecule has 0 unspecified atom stereocenters. The number of nitrogens with one attached hydrogen (secondary N) is 1. The van der Waals surface area contributed by atoms with Crippen LogP contribution in [0.25, 0.3) is 16.6 Å². The molecule has 1 aliphatic rings. The zero-order valence-electron chi connectivity index (χ0n) is 19.5. The Kier molecular flexibility index (Phi) is 6.65. The number of para-hydroxylation sites is 1. The molecule has 0 amide bonds. The topological polar surface area (TPSA) is 72.3 Å². The van der Waals surface area contributed by atoms with Crippen LogP contribution in [0.4, 0.5) is 11.6 Å². The Morgan fingerprint density at radius 3 is 2.43 bits per heavy atom. The molecule has 2 aromatic carbocycles. The molecule has 4 aromatic rings. The second-order valence-electron chi connectivity index (χ2n) is 8.78. The first kappa shape index (κ1) is 23.6.